The molecule has 0 bridgehead atoms. The van der Waals surface area contributed by atoms with Crippen LogP contribution in [-0.4, -0.2) is 76.2 Å². The van der Waals surface area contributed by atoms with Crippen LogP contribution in [0.25, 0.3) is 16.8 Å². The first-order valence-corrected chi connectivity index (χ1v) is 25.2. The monoisotopic (exact) mass is 951 g/mol. The van der Waals surface area contributed by atoms with Crippen LogP contribution in [-0.2, 0) is 20.9 Å². The van der Waals surface area contributed by atoms with Crippen molar-refractivity contribution in [3.05, 3.63) is 166 Å². The third-order valence-electron chi connectivity index (χ3n) is 13.6. The highest BCUT2D eigenvalue weighted by molar-refractivity contribution is 7.98. The van der Waals surface area contributed by atoms with Crippen LogP contribution in [0, 0.1) is 27.9 Å². The number of unbranched alkanes of at least 4 members (excludes halogenated alkanes) is 2. The van der Waals surface area contributed by atoms with Crippen molar-refractivity contribution in [2.75, 3.05) is 32.7 Å². The van der Waals surface area contributed by atoms with Gasteiger partial charge in [0.2, 0.25) is 11.7 Å². The van der Waals surface area contributed by atoms with Gasteiger partial charge >= 0.3 is 0 Å². The van der Waals surface area contributed by atoms with Crippen molar-refractivity contribution in [3.8, 4) is 17.2 Å². The number of ether oxygens (including phenoxy) is 3. The third-order valence-corrected chi connectivity index (χ3v) is 14.4. The lowest BCUT2D eigenvalue weighted by molar-refractivity contribution is -0.384. The molecule has 12 nitrogen and oxygen atoms in total. The van der Waals surface area contributed by atoms with E-state index in [4.69, 9.17) is 24.2 Å². The van der Waals surface area contributed by atoms with Crippen molar-refractivity contribution in [2.24, 2.45) is 22.9 Å². The van der Waals surface area contributed by atoms with E-state index in [1.165, 1.54) is 18.2 Å². The summed E-state index contributed by atoms with van der Waals surface area (Å²) in [5.74, 6) is -0.552. The molecule has 0 aromatic heterocycles. The Kier molecular flexibility index (Phi) is 16.3. The number of fused-ring (bicyclic) bond motifs is 3. The Morgan fingerprint density at radius 1 is 0.957 bits per heavy atom. The maximum absolute atomic E-state index is 15.4. The number of carbonyl (C=O) groups is 1. The zero-order valence-corrected chi connectivity index (χ0v) is 40.1. The van der Waals surface area contributed by atoms with E-state index in [9.17, 15) is 20.3 Å². The second-order valence-corrected chi connectivity index (χ2v) is 18.6. The molecule has 0 spiro atoms. The molecule has 2 aliphatic carbocycles. The van der Waals surface area contributed by atoms with E-state index in [1.54, 1.807) is 36.0 Å². The fourth-order valence-corrected chi connectivity index (χ4v) is 11.0. The van der Waals surface area contributed by atoms with E-state index in [1.807, 2.05) is 78.7 Å². The van der Waals surface area contributed by atoms with Gasteiger partial charge in [0, 0.05) is 60.8 Å². The van der Waals surface area contributed by atoms with Crippen LogP contribution in [0.3, 0.4) is 0 Å². The molecule has 5 aromatic rings. The van der Waals surface area contributed by atoms with Gasteiger partial charge in [-0.2, -0.15) is 0 Å². The number of amides is 1. The molecule has 1 saturated carbocycles. The molecule has 13 heteroatoms. The van der Waals surface area contributed by atoms with Gasteiger partial charge in [0.25, 0.3) is 5.69 Å². The highest BCUT2D eigenvalue weighted by Gasteiger charge is 2.65. The van der Waals surface area contributed by atoms with Crippen LogP contribution in [0.15, 0.2) is 150 Å². The van der Waals surface area contributed by atoms with E-state index in [-0.39, 0.29) is 62.1 Å². The number of nitro benzene ring substituents is 1. The molecule has 69 heavy (non-hydrogen) atoms. The van der Waals surface area contributed by atoms with Crippen molar-refractivity contribution >= 4 is 45.9 Å². The molecule has 6 atom stereocenters. The van der Waals surface area contributed by atoms with Crippen LogP contribution >= 0.6 is 11.8 Å². The molecule has 3 aliphatic rings. The fraction of sp³-hybridized carbons (Fsp3) is 0.357. The number of allylic oxidation sites excluding steroid dienone is 1. The third kappa shape index (κ3) is 10.8. The SMILES string of the molecule is C=CCOC12Oc3ccc(Oc4ccc(SC)cc4)cc3C3C(CCCCO)C(CCCCO)C=C(C(=NOCC)CC1N(Cc1cccc4ccccc14)C(=O)C=Cc1ccc([N+](=O)[O-])cc1)C32. The number of rotatable bonds is 22. The average molecular weight is 952 g/mol. The van der Waals surface area contributed by atoms with Crippen LogP contribution in [0.4, 0.5) is 5.69 Å². The maximum atomic E-state index is 15.4. The summed E-state index contributed by atoms with van der Waals surface area (Å²) in [6.07, 6.45) is 14.0. The van der Waals surface area contributed by atoms with E-state index in [2.05, 4.69) is 36.9 Å². The lowest BCUT2D eigenvalue weighted by Gasteiger charge is -2.60. The fourth-order valence-electron chi connectivity index (χ4n) is 10.6. The number of nitrogens with zero attached hydrogens (tertiary/aromatic N) is 3. The van der Waals surface area contributed by atoms with Crippen LogP contribution < -0.4 is 9.47 Å². The lowest BCUT2D eigenvalue weighted by Crippen LogP contribution is -2.70. The van der Waals surface area contributed by atoms with Gasteiger partial charge in [-0.3, -0.25) is 14.9 Å². The molecule has 1 heterocycles. The van der Waals surface area contributed by atoms with Gasteiger partial charge in [0.15, 0.2) is 0 Å². The highest BCUT2D eigenvalue weighted by atomic mass is 32.2. The number of aliphatic hydroxyl groups excluding tert-OH is 2. The highest BCUT2D eigenvalue weighted by Crippen LogP contribution is 2.62. The summed E-state index contributed by atoms with van der Waals surface area (Å²) >= 11 is 1.66. The van der Waals surface area contributed by atoms with Gasteiger partial charge in [0.05, 0.1) is 23.2 Å². The molecule has 1 amide bonds. The topological polar surface area (TPSA) is 153 Å². The van der Waals surface area contributed by atoms with Gasteiger partial charge in [-0.1, -0.05) is 72.6 Å². The van der Waals surface area contributed by atoms with Crippen molar-refractivity contribution < 1.29 is 39.0 Å². The number of carbonyl (C=O) groups excluding carboxylic acids is 1. The molecule has 6 unspecified atom stereocenters. The number of benzene rings is 5. The molecular formula is C56H61N3O9S. The first-order chi connectivity index (χ1) is 33.7. The number of hydrogen-bond donors (Lipinski definition) is 2. The Morgan fingerprint density at radius 2 is 1.70 bits per heavy atom. The van der Waals surface area contributed by atoms with Crippen molar-refractivity contribution in [2.45, 2.75) is 81.1 Å². The van der Waals surface area contributed by atoms with Gasteiger partial charge in [-0.15, -0.1) is 18.3 Å². The minimum atomic E-state index is -1.49. The van der Waals surface area contributed by atoms with Gasteiger partial charge in [0.1, 0.15) is 29.9 Å². The van der Waals surface area contributed by atoms with Gasteiger partial charge < -0.3 is 34.2 Å². The first kappa shape index (κ1) is 49.2. The Labute approximate surface area is 408 Å². The van der Waals surface area contributed by atoms with Crippen LogP contribution in [0.5, 0.6) is 17.2 Å². The number of nitro groups is 1. The van der Waals surface area contributed by atoms with Crippen LogP contribution in [0.2, 0.25) is 0 Å². The molecule has 5 aromatic carbocycles. The number of aliphatic hydroxyl groups is 2. The Bertz CT molecular complexity index is 2680. The lowest BCUT2D eigenvalue weighted by atomic mass is 9.55. The molecule has 2 N–H and O–H groups in total. The zero-order chi connectivity index (χ0) is 48.3. The summed E-state index contributed by atoms with van der Waals surface area (Å²) in [6.45, 7) is 6.75. The molecule has 360 valence electrons. The minimum Gasteiger partial charge on any atom is -0.459 e. The van der Waals surface area contributed by atoms with Gasteiger partial charge in [-0.05, 0) is 139 Å². The van der Waals surface area contributed by atoms with E-state index >= 15 is 4.79 Å². The van der Waals surface area contributed by atoms with E-state index in [0.717, 1.165) is 58.1 Å². The molecule has 8 rings (SSSR count). The quantitative estimate of drug-likeness (QED) is 0.0171. The predicted octanol–water partition coefficient (Wildman–Crippen LogP) is 11.7. The largest absolute Gasteiger partial charge is 0.459 e. The predicted molar refractivity (Wildman–Crippen MR) is 272 cm³/mol. The average Bonchev–Trinajstić information content (AvgIpc) is 3.37. The molecular weight excluding hydrogens is 891 g/mol. The summed E-state index contributed by atoms with van der Waals surface area (Å²) in [7, 11) is 0. The number of thioether (sulfide) groups is 1. The molecule has 0 radical (unpaired) electrons. The molecule has 1 aliphatic heterocycles. The maximum Gasteiger partial charge on any atom is 0.269 e. The summed E-state index contributed by atoms with van der Waals surface area (Å²) in [5, 5.41) is 38.4. The Morgan fingerprint density at radius 3 is 2.42 bits per heavy atom. The van der Waals surface area contributed by atoms with Crippen molar-refractivity contribution in [1.29, 1.82) is 0 Å². The summed E-state index contributed by atoms with van der Waals surface area (Å²) in [5.41, 5.74) is 4.07. The summed E-state index contributed by atoms with van der Waals surface area (Å²) < 4.78 is 21.3. The van der Waals surface area contributed by atoms with E-state index < -0.39 is 22.7 Å². The summed E-state index contributed by atoms with van der Waals surface area (Å²) in [4.78, 5) is 35.4. The van der Waals surface area contributed by atoms with Gasteiger partial charge in [-0.25, -0.2) is 0 Å². The normalized spacial score (nSPS) is 22.1. The second-order valence-electron chi connectivity index (χ2n) is 17.8. The van der Waals surface area contributed by atoms with Crippen molar-refractivity contribution in [3.63, 3.8) is 0 Å². The van der Waals surface area contributed by atoms with Crippen LogP contribution in [0.1, 0.15) is 74.5 Å². The zero-order valence-electron chi connectivity index (χ0n) is 39.3. The number of oxime groups is 1. The number of hydrogen-bond acceptors (Lipinski definition) is 11. The minimum absolute atomic E-state index is 0.0193. The van der Waals surface area contributed by atoms with E-state index in [0.29, 0.717) is 48.0 Å². The molecule has 0 saturated heterocycles. The molecule has 1 fully saturated rings. The smallest absolute Gasteiger partial charge is 0.269 e. The second kappa shape index (κ2) is 22.9. The standard InChI is InChI=1S/C56H61N3O9S/c1-4-33-65-56-52(58(37-41-16-12-15-39-13-6-7-17-46(39)41)53(62)30-21-38-19-22-42(23-20-38)59(63)64)36-50(57-66-5-2)48-34-40(14-8-10-31-60)47(18-9-11-32-61)54(55(48)56)49-35-44(26-29-51(49)68-56)67-43-24-27-45(69-3)28-25-43/h4,6-7,12-13,15-17,19-30,34-35,40,47,52,54-55,60-61H,1,5,8-11,14,18,31-33,36-37H2,2-3H3. The first-order valence-electron chi connectivity index (χ1n) is 23.9. The summed E-state index contributed by atoms with van der Waals surface area (Å²) in [6, 6.07) is 33.4. The number of non-ortho nitro benzene ring substituents is 1. The Balaban J connectivity index is 1.34. The van der Waals surface area contributed by atoms with Crippen molar-refractivity contribution in [1.82, 2.24) is 4.90 Å². The Hall–Kier alpha value is -6.25.